The predicted octanol–water partition coefficient (Wildman–Crippen LogP) is 15.9. The summed E-state index contributed by atoms with van der Waals surface area (Å²) in [4.78, 5) is 77.0. The van der Waals surface area contributed by atoms with Crippen molar-refractivity contribution in [1.29, 1.82) is 5.26 Å². The van der Waals surface area contributed by atoms with E-state index in [9.17, 15) is 19.6 Å². The zero-order valence-corrected chi connectivity index (χ0v) is 73.5. The van der Waals surface area contributed by atoms with Gasteiger partial charge in [0.25, 0.3) is 0 Å². The van der Waals surface area contributed by atoms with Gasteiger partial charge in [0, 0.05) is 147 Å². The maximum atomic E-state index is 15.3. The van der Waals surface area contributed by atoms with Gasteiger partial charge in [-0.05, 0) is 179 Å². The largest absolute Gasteiger partial charge is 0.494 e. The molecule has 9 saturated carbocycles. The summed E-state index contributed by atoms with van der Waals surface area (Å²) >= 11 is 0. The van der Waals surface area contributed by atoms with Gasteiger partial charge in [-0.2, -0.15) is 10.4 Å². The number of methoxy groups -OCH3 is 3. The number of likely N-dealkylation sites (N-methyl/N-ethyl adjacent to an activating group) is 6. The lowest BCUT2D eigenvalue weighted by atomic mass is 9.49. The lowest BCUT2D eigenvalue weighted by molar-refractivity contribution is -0.112. The molecule has 0 radical (unpaired) electrons. The van der Waals surface area contributed by atoms with Gasteiger partial charge < -0.3 is 84.6 Å². The first-order chi connectivity index (χ1) is 60.7. The van der Waals surface area contributed by atoms with Crippen LogP contribution < -0.4 is 60.8 Å². The minimum Gasteiger partial charge on any atom is -0.494 e. The van der Waals surface area contributed by atoms with Crippen molar-refractivity contribution in [2.45, 2.75) is 74.4 Å². The molecule has 0 spiro atoms. The monoisotopic (exact) mass is 1700 g/mol. The van der Waals surface area contributed by atoms with Gasteiger partial charge in [-0.1, -0.05) is 74.3 Å². The number of ether oxygens (including phenoxy) is 3. The van der Waals surface area contributed by atoms with E-state index in [0.717, 1.165) is 129 Å². The number of nitrogens with one attached hydrogen (secondary N) is 6. The van der Waals surface area contributed by atoms with Crippen LogP contribution in [-0.2, 0) is 31.0 Å². The second-order valence-corrected chi connectivity index (χ2v) is 34.8. The molecule has 9 aliphatic carbocycles. The lowest BCUT2D eigenvalue weighted by Crippen LogP contribution is -2.59. The molecule has 0 unspecified atom stereocenters. The van der Waals surface area contributed by atoms with Crippen LogP contribution in [0.4, 0.5) is 73.4 Å². The van der Waals surface area contributed by atoms with Crippen LogP contribution in [-0.4, -0.2) is 205 Å². The van der Waals surface area contributed by atoms with Crippen LogP contribution >= 0.6 is 0 Å². The number of hydrogen-bond acceptors (Lipinski definition) is 23. The zero-order valence-electron chi connectivity index (χ0n) is 73.5. The maximum Gasteiger partial charge on any atom is 0.247 e. The van der Waals surface area contributed by atoms with Crippen LogP contribution in [0.25, 0.3) is 66.6 Å². The average molecular weight is 1700 g/mol. The molecule has 0 atom stereocenters. The molecule has 9 fully saturated rings. The highest BCUT2D eigenvalue weighted by Gasteiger charge is 2.60. The summed E-state index contributed by atoms with van der Waals surface area (Å²) in [5, 5.41) is 36.8. The third kappa shape index (κ3) is 16.9. The van der Waals surface area contributed by atoms with Crippen LogP contribution in [0.2, 0.25) is 0 Å². The predicted molar refractivity (Wildman–Crippen MR) is 498 cm³/mol. The van der Waals surface area contributed by atoms with Crippen molar-refractivity contribution in [3.8, 4) is 57.2 Å². The van der Waals surface area contributed by atoms with E-state index in [1.165, 1.54) is 82.2 Å². The van der Waals surface area contributed by atoms with Crippen molar-refractivity contribution in [3.63, 3.8) is 0 Å². The molecule has 6 bridgehead atoms. The van der Waals surface area contributed by atoms with Crippen molar-refractivity contribution in [1.82, 2.24) is 63.5 Å². The Balaban J connectivity index is 0.000000139. The number of nitriles is 1. The number of aromatic nitrogens is 10. The topological polar surface area (TPSA) is 299 Å². The van der Waals surface area contributed by atoms with E-state index >= 15 is 4.39 Å². The first-order valence-electron chi connectivity index (χ1n) is 42.4. The number of anilines is 12. The molecule has 9 aliphatic rings. The summed E-state index contributed by atoms with van der Waals surface area (Å²) in [6, 6.07) is 40.0. The molecule has 29 nitrogen and oxygen atoms in total. The van der Waals surface area contributed by atoms with Crippen molar-refractivity contribution < 1.29 is 33.0 Å². The molecule has 0 saturated heterocycles. The normalized spacial score (nSPS) is 18.7. The third-order valence-electron chi connectivity index (χ3n) is 25.5. The molecular weight excluding hydrogens is 1590 g/mol. The molecular formula is C96H108FN23O6. The average Bonchev–Trinajstić information content (AvgIpc) is 1.43. The smallest absolute Gasteiger partial charge is 0.247 e. The van der Waals surface area contributed by atoms with Crippen LogP contribution in [0.5, 0.6) is 17.2 Å². The van der Waals surface area contributed by atoms with E-state index in [4.69, 9.17) is 29.3 Å². The van der Waals surface area contributed by atoms with E-state index in [1.807, 2.05) is 129 Å². The molecule has 3 amide bonds. The maximum absolute atomic E-state index is 15.3. The fraction of sp³-hybridized carbons (Fsp3) is 0.344. The minimum absolute atomic E-state index is 0.147. The highest BCUT2D eigenvalue weighted by molar-refractivity contribution is 6.05. The van der Waals surface area contributed by atoms with Crippen LogP contribution in [0.3, 0.4) is 0 Å². The number of hydrogen-bond donors (Lipinski definition) is 6. The Morgan fingerprint density at radius 1 is 0.468 bits per heavy atom. The van der Waals surface area contributed by atoms with Gasteiger partial charge in [0.15, 0.2) is 5.82 Å². The number of carbonyl (C=O) groups excluding carboxylic acids is 3. The minimum atomic E-state index is -0.496. The van der Waals surface area contributed by atoms with Gasteiger partial charge in [0.1, 0.15) is 34.7 Å². The van der Waals surface area contributed by atoms with Crippen molar-refractivity contribution in [2.75, 3.05) is 171 Å². The molecule has 12 aromatic rings. The SMILES string of the molecule is C=CC(=O)Nc1cc(Nc2ncc(C#N)c(-c3cn(C45CC(C4)C5)c4ccccc34)n2)c(OC)cc1N(C)CCN(C)C.C=CC(=O)Nc1cc(Nc2ncc(F)c(-c3cn(C45CC(C4)C5)c4ccccc34)n2)c(OC)cc1N(C)CCN(C)C.C=CC(=O)Nc1cc(Nc2nccc(-c3nn(C45CC(C4)C5)c4ccccc34)n2)c(OC)cc1N(C)CCN(C)C. The van der Waals surface area contributed by atoms with Gasteiger partial charge in [-0.15, -0.1) is 0 Å². The summed E-state index contributed by atoms with van der Waals surface area (Å²) in [7, 11) is 22.8. The van der Waals surface area contributed by atoms with Crippen molar-refractivity contribution >= 4 is 119 Å². The summed E-state index contributed by atoms with van der Waals surface area (Å²) in [6.45, 7) is 15.5. The Morgan fingerprint density at radius 2 is 0.841 bits per heavy atom. The van der Waals surface area contributed by atoms with Crippen LogP contribution in [0.15, 0.2) is 184 Å². The van der Waals surface area contributed by atoms with E-state index in [2.05, 4.69) is 171 Å². The van der Waals surface area contributed by atoms with Gasteiger partial charge in [-0.25, -0.2) is 34.3 Å². The Labute approximate surface area is 733 Å². The molecule has 650 valence electrons. The van der Waals surface area contributed by atoms with Crippen LogP contribution in [0.1, 0.15) is 63.4 Å². The number of para-hydroxylation sites is 3. The fourth-order valence-electron chi connectivity index (χ4n) is 18.3. The molecule has 0 aliphatic heterocycles. The zero-order chi connectivity index (χ0) is 88.6. The second-order valence-electron chi connectivity index (χ2n) is 34.8. The molecule has 6 aromatic carbocycles. The summed E-state index contributed by atoms with van der Waals surface area (Å²) in [5.74, 6) is 3.65. The van der Waals surface area contributed by atoms with E-state index in [1.54, 1.807) is 45.9 Å². The van der Waals surface area contributed by atoms with Crippen LogP contribution in [0, 0.1) is 34.9 Å². The highest BCUT2D eigenvalue weighted by Crippen LogP contribution is 2.65. The van der Waals surface area contributed by atoms with E-state index in [0.29, 0.717) is 74.5 Å². The molecule has 6 heterocycles. The molecule has 6 aromatic heterocycles. The number of carbonyl (C=O) groups is 3. The molecule has 6 N–H and O–H groups in total. The quantitative estimate of drug-likeness (QED) is 0.0208. The van der Waals surface area contributed by atoms with Gasteiger partial charge in [0.05, 0.1) is 113 Å². The first-order valence-corrected chi connectivity index (χ1v) is 42.4. The summed E-state index contributed by atoms with van der Waals surface area (Å²) < 4.78 is 39.5. The molecule has 30 heteroatoms. The Bertz CT molecular complexity index is 6210. The highest BCUT2D eigenvalue weighted by atomic mass is 19.1. The third-order valence-corrected chi connectivity index (χ3v) is 25.5. The first kappa shape index (κ1) is 85.8. The summed E-state index contributed by atoms with van der Waals surface area (Å²) in [6.07, 6.45) is 23.2. The molecule has 126 heavy (non-hydrogen) atoms. The number of benzene rings is 6. The van der Waals surface area contributed by atoms with Gasteiger partial charge >= 0.3 is 0 Å². The standard InChI is InChI=1S/C33H36N8O2.C32H36FN7O2.C31H36N8O2/c1-6-30(42)36-25-13-26(29(43-5)14-28(25)40(4)12-11-39(2)3)37-32-35-19-22(18-34)31(38-32)24-20-41(33-15-21(16-33)17-33)27-10-8-7-9-23(24)27;1-6-29(41)35-24-13-25(28(42-5)14-27(24)39(4)12-11-38(2)3)36-31-34-18-23(33)30(37-31)22-19-40(32-15-20(16-32)17-32)26-10-8-7-9-21(22)26;1-6-28(40)33-23-15-24(27(41-5)16-26(23)38(4)14-13-37(2)3)35-30-32-12-11-22(34-30)29-21-9-7-8-10-25(21)39(36-29)31-17-20(18-31)19-31/h6-10,13-14,19-21H,1,11-12,15-17H2,2-5H3,(H,36,42)(H,35,37,38);6-10,13-14,18-20H,1,11-12,15-17H2,2-5H3,(H,35,41)(H,34,36,37);6-12,15-16,20H,1,13-14,17-19H2,2-5H3,(H,33,40)(H,32,34,35). The lowest BCUT2D eigenvalue weighted by Gasteiger charge is -2.62. The van der Waals surface area contributed by atoms with E-state index in [-0.39, 0.29) is 46.0 Å². The molecule has 21 rings (SSSR count). The fourth-order valence-corrected chi connectivity index (χ4v) is 18.3. The number of rotatable bonds is 33. The summed E-state index contributed by atoms with van der Waals surface area (Å²) in [5.41, 5.74) is 14.2. The number of halogens is 1. The Kier molecular flexibility index (Phi) is 24.1. The number of amides is 3. The Hall–Kier alpha value is -13.8. The second kappa shape index (κ2) is 35.5. The Morgan fingerprint density at radius 3 is 1.22 bits per heavy atom. The van der Waals surface area contributed by atoms with Gasteiger partial charge in [-0.3, -0.25) is 19.1 Å². The number of fused-ring (bicyclic) bond motifs is 3. The van der Waals surface area contributed by atoms with Crippen molar-refractivity contribution in [2.24, 2.45) is 17.8 Å². The van der Waals surface area contributed by atoms with Gasteiger partial charge in [0.2, 0.25) is 35.6 Å². The van der Waals surface area contributed by atoms with E-state index < -0.39 is 5.82 Å². The number of nitrogens with zero attached hydrogens (tertiary/aromatic N) is 17. The van der Waals surface area contributed by atoms with Crippen molar-refractivity contribution in [3.05, 3.63) is 196 Å².